The van der Waals surface area contributed by atoms with E-state index >= 15 is 0 Å². The van der Waals surface area contributed by atoms with Crippen molar-refractivity contribution in [1.82, 2.24) is 0 Å². The predicted octanol–water partition coefficient (Wildman–Crippen LogP) is 4.01. The van der Waals surface area contributed by atoms with Crippen molar-refractivity contribution in [3.8, 4) is 0 Å². The van der Waals surface area contributed by atoms with E-state index in [4.69, 9.17) is 4.74 Å². The quantitative estimate of drug-likeness (QED) is 0.573. The number of rotatable bonds is 3. The van der Waals surface area contributed by atoms with Crippen molar-refractivity contribution in [3.63, 3.8) is 0 Å². The molecule has 0 aromatic heterocycles. The van der Waals surface area contributed by atoms with Crippen molar-refractivity contribution in [1.29, 1.82) is 0 Å². The Balaban J connectivity index is 1.74. The van der Waals surface area contributed by atoms with Gasteiger partial charge in [-0.1, -0.05) is 8.93 Å². The summed E-state index contributed by atoms with van der Waals surface area (Å²) in [7, 11) is 1.80. The van der Waals surface area contributed by atoms with Crippen LogP contribution in [0.15, 0.2) is 0 Å². The normalized spacial score (nSPS) is 49.9. The highest BCUT2D eigenvalue weighted by Crippen LogP contribution is 2.57. The molecule has 0 heterocycles. The van der Waals surface area contributed by atoms with E-state index < -0.39 is 0 Å². The molecule has 4 saturated carbocycles. The Morgan fingerprint density at radius 2 is 1.57 bits per heavy atom. The van der Waals surface area contributed by atoms with E-state index in [1.165, 1.54) is 38.5 Å². The zero-order chi connectivity index (χ0) is 9.60. The largest absolute Gasteiger partial charge is 0.364 e. The standard InChI is InChI=1S/C11H17IOS/c12-14-7-13-11-4-8-1-9(5-11)3-10(2-8)6-11/h8-10H,1-7H2. The fraction of sp³-hybridized carbons (Fsp3) is 1.00. The van der Waals surface area contributed by atoms with Gasteiger partial charge in [0.2, 0.25) is 0 Å². The summed E-state index contributed by atoms with van der Waals surface area (Å²) >= 11 is 2.34. The molecular weight excluding hydrogens is 307 g/mol. The average Bonchev–Trinajstić information content (AvgIpc) is 2.12. The van der Waals surface area contributed by atoms with Crippen molar-refractivity contribution in [2.75, 3.05) is 5.94 Å². The lowest BCUT2D eigenvalue weighted by Crippen LogP contribution is -2.51. The van der Waals surface area contributed by atoms with E-state index in [2.05, 4.69) is 21.2 Å². The molecule has 4 aliphatic carbocycles. The zero-order valence-corrected chi connectivity index (χ0v) is 11.4. The van der Waals surface area contributed by atoms with Gasteiger partial charge in [0.15, 0.2) is 0 Å². The van der Waals surface area contributed by atoms with Gasteiger partial charge in [0, 0.05) is 0 Å². The van der Waals surface area contributed by atoms with E-state index in [1.807, 2.05) is 0 Å². The molecule has 0 radical (unpaired) electrons. The first kappa shape index (κ1) is 10.2. The van der Waals surface area contributed by atoms with Gasteiger partial charge in [0.1, 0.15) is 5.94 Å². The summed E-state index contributed by atoms with van der Waals surface area (Å²) in [5, 5.41) is 0. The van der Waals surface area contributed by atoms with E-state index in [1.54, 1.807) is 8.93 Å². The third-order valence-corrected chi connectivity index (χ3v) is 5.36. The number of hydrogen-bond acceptors (Lipinski definition) is 2. The van der Waals surface area contributed by atoms with E-state index in [0.717, 1.165) is 23.7 Å². The van der Waals surface area contributed by atoms with Gasteiger partial charge in [-0.05, 0) is 77.5 Å². The van der Waals surface area contributed by atoms with Crippen molar-refractivity contribution in [3.05, 3.63) is 0 Å². The minimum Gasteiger partial charge on any atom is -0.364 e. The first-order valence-corrected chi connectivity index (χ1v) is 9.20. The second-order valence-electron chi connectivity index (χ2n) is 5.47. The molecule has 0 aromatic carbocycles. The Kier molecular flexibility index (Phi) is 2.78. The van der Waals surface area contributed by atoms with E-state index in [9.17, 15) is 0 Å². The summed E-state index contributed by atoms with van der Waals surface area (Å²) in [6, 6.07) is 0. The first-order valence-electron chi connectivity index (χ1n) is 5.67. The van der Waals surface area contributed by atoms with Crippen LogP contribution in [-0.4, -0.2) is 11.5 Å². The van der Waals surface area contributed by atoms with Gasteiger partial charge >= 0.3 is 0 Å². The Bertz CT molecular complexity index is 196. The highest BCUT2D eigenvalue weighted by atomic mass is 127. The third kappa shape index (κ3) is 1.73. The minimum atomic E-state index is 0.326. The van der Waals surface area contributed by atoms with Crippen LogP contribution in [0.1, 0.15) is 38.5 Å². The van der Waals surface area contributed by atoms with Crippen molar-refractivity contribution >= 4 is 30.1 Å². The van der Waals surface area contributed by atoms with Gasteiger partial charge < -0.3 is 4.74 Å². The fourth-order valence-corrected chi connectivity index (χ4v) is 5.03. The van der Waals surface area contributed by atoms with Crippen molar-refractivity contribution < 1.29 is 4.74 Å². The lowest BCUT2D eigenvalue weighted by atomic mass is 9.54. The van der Waals surface area contributed by atoms with Crippen molar-refractivity contribution in [2.24, 2.45) is 17.8 Å². The second kappa shape index (κ2) is 3.81. The first-order chi connectivity index (χ1) is 6.80. The van der Waals surface area contributed by atoms with Gasteiger partial charge in [-0.3, -0.25) is 0 Å². The topological polar surface area (TPSA) is 9.23 Å². The van der Waals surface area contributed by atoms with E-state index in [0.29, 0.717) is 5.60 Å². The molecule has 4 rings (SSSR count). The number of ether oxygens (including phenoxy) is 1. The Morgan fingerprint density at radius 3 is 2.00 bits per heavy atom. The summed E-state index contributed by atoms with van der Waals surface area (Å²) in [4.78, 5) is 0. The van der Waals surface area contributed by atoms with Crippen LogP contribution < -0.4 is 0 Å². The summed E-state index contributed by atoms with van der Waals surface area (Å²) in [5.41, 5.74) is 0.326. The monoisotopic (exact) mass is 324 g/mol. The average molecular weight is 324 g/mol. The van der Waals surface area contributed by atoms with Gasteiger partial charge in [-0.25, -0.2) is 0 Å². The molecular formula is C11H17IOS. The lowest BCUT2D eigenvalue weighted by Gasteiger charge is -2.56. The molecule has 80 valence electrons. The van der Waals surface area contributed by atoms with Crippen LogP contribution in [0.2, 0.25) is 0 Å². The molecule has 14 heavy (non-hydrogen) atoms. The highest BCUT2D eigenvalue weighted by molar-refractivity contribution is 14.2. The molecule has 0 spiro atoms. The molecule has 0 aliphatic heterocycles. The molecule has 0 atom stereocenters. The molecule has 0 unspecified atom stereocenters. The smallest absolute Gasteiger partial charge is 0.103 e. The summed E-state index contributed by atoms with van der Waals surface area (Å²) < 4.78 is 6.15. The molecule has 3 heteroatoms. The van der Waals surface area contributed by atoms with Crippen LogP contribution in [0.4, 0.5) is 0 Å². The second-order valence-corrected chi connectivity index (χ2v) is 7.79. The van der Waals surface area contributed by atoms with Gasteiger partial charge in [0.25, 0.3) is 0 Å². The van der Waals surface area contributed by atoms with Crippen LogP contribution >= 0.6 is 30.1 Å². The minimum absolute atomic E-state index is 0.326. The Hall–Kier alpha value is 1.04. The van der Waals surface area contributed by atoms with Crippen LogP contribution in [-0.2, 0) is 4.74 Å². The Labute approximate surface area is 102 Å². The molecule has 1 nitrogen and oxygen atoms in total. The highest BCUT2D eigenvalue weighted by Gasteiger charge is 2.51. The molecule has 0 amide bonds. The van der Waals surface area contributed by atoms with Crippen LogP contribution in [0, 0.1) is 17.8 Å². The van der Waals surface area contributed by atoms with Crippen LogP contribution in [0.5, 0.6) is 0 Å². The molecule has 0 N–H and O–H groups in total. The zero-order valence-electron chi connectivity index (χ0n) is 8.38. The molecule has 0 aromatic rings. The summed E-state index contributed by atoms with van der Waals surface area (Å²) in [6.45, 7) is 0. The van der Waals surface area contributed by atoms with Gasteiger partial charge in [-0.15, -0.1) is 0 Å². The number of halogens is 1. The van der Waals surface area contributed by atoms with E-state index in [-0.39, 0.29) is 0 Å². The fourth-order valence-electron chi connectivity index (χ4n) is 4.36. The summed E-state index contributed by atoms with van der Waals surface area (Å²) in [5.74, 6) is 3.94. The number of hydrogen-bond donors (Lipinski definition) is 0. The maximum Gasteiger partial charge on any atom is 0.103 e. The molecule has 4 fully saturated rings. The maximum absolute atomic E-state index is 6.15. The Morgan fingerprint density at radius 1 is 1.07 bits per heavy atom. The SMILES string of the molecule is ISCOC12CC3CC(CC(C3)C1)C2. The predicted molar refractivity (Wildman–Crippen MR) is 68.5 cm³/mol. The van der Waals surface area contributed by atoms with Gasteiger partial charge in [-0.2, -0.15) is 0 Å². The third-order valence-electron chi connectivity index (χ3n) is 4.39. The maximum atomic E-state index is 6.15. The lowest BCUT2D eigenvalue weighted by molar-refractivity contribution is -0.149. The van der Waals surface area contributed by atoms with Gasteiger partial charge in [0.05, 0.1) is 5.60 Å². The summed E-state index contributed by atoms with van der Waals surface area (Å²) in [6.07, 6.45) is 8.66. The molecule has 4 aliphatic rings. The molecule has 0 saturated heterocycles. The van der Waals surface area contributed by atoms with Crippen LogP contribution in [0.25, 0.3) is 0 Å². The van der Waals surface area contributed by atoms with Crippen LogP contribution in [0.3, 0.4) is 0 Å². The van der Waals surface area contributed by atoms with Crippen molar-refractivity contribution in [2.45, 2.75) is 44.1 Å². The molecule has 4 bridgehead atoms.